The van der Waals surface area contributed by atoms with Crippen molar-refractivity contribution in [2.45, 2.75) is 174 Å². The van der Waals surface area contributed by atoms with Crippen molar-refractivity contribution in [3.63, 3.8) is 0 Å². The maximum absolute atomic E-state index is 12.6. The number of allylic oxidation sites excluding steroid dienone is 8. The maximum Gasteiger partial charge on any atom is 0.306 e. The Morgan fingerprint density at radius 3 is 1.57 bits per heavy atom. The second-order valence-corrected chi connectivity index (χ2v) is 16.8. The summed E-state index contributed by atoms with van der Waals surface area (Å²) in [5.74, 6) is -0.900. The molecule has 0 aromatic heterocycles. The molecule has 0 bridgehead atoms. The normalized spacial score (nSPS) is 14.1. The molecule has 0 aliphatic rings. The van der Waals surface area contributed by atoms with Crippen LogP contribution < -0.4 is 4.89 Å². The number of nitrogens with zero attached hydrogens (tertiary/aromatic N) is 1. The number of carbonyl (C=O) groups excluding carboxylic acids is 2. The highest BCUT2D eigenvalue weighted by Gasteiger charge is 2.21. The number of phosphoric ester groups is 1. The average Bonchev–Trinajstić information content (AvgIpc) is 3.12. The van der Waals surface area contributed by atoms with Gasteiger partial charge in [0.1, 0.15) is 19.8 Å². The molecule has 9 nitrogen and oxygen atoms in total. The zero-order valence-corrected chi connectivity index (χ0v) is 36.0. The third-order valence-electron chi connectivity index (χ3n) is 8.82. The molecule has 10 heteroatoms. The van der Waals surface area contributed by atoms with E-state index in [-0.39, 0.29) is 26.1 Å². The van der Waals surface area contributed by atoms with Crippen LogP contribution >= 0.6 is 7.82 Å². The van der Waals surface area contributed by atoms with Crippen molar-refractivity contribution in [1.29, 1.82) is 0 Å². The molecule has 0 fully saturated rings. The summed E-state index contributed by atoms with van der Waals surface area (Å²) in [6.07, 6.45) is 41.4. The van der Waals surface area contributed by atoms with Gasteiger partial charge in [-0.25, -0.2) is 0 Å². The molecule has 0 aliphatic carbocycles. The van der Waals surface area contributed by atoms with E-state index in [4.69, 9.17) is 18.5 Å². The number of rotatable bonds is 38. The number of unbranched alkanes of at least 4 members (excludes halogenated alkanes) is 16. The first-order valence-electron chi connectivity index (χ1n) is 21.3. The minimum Gasteiger partial charge on any atom is -0.756 e. The van der Waals surface area contributed by atoms with Gasteiger partial charge in [0, 0.05) is 12.8 Å². The van der Waals surface area contributed by atoms with Gasteiger partial charge in [0.2, 0.25) is 0 Å². The van der Waals surface area contributed by atoms with E-state index >= 15 is 0 Å². The summed E-state index contributed by atoms with van der Waals surface area (Å²) >= 11 is 0. The Kier molecular flexibility index (Phi) is 35.2. The molecule has 0 heterocycles. The molecule has 0 rings (SSSR count). The van der Waals surface area contributed by atoms with E-state index in [1.165, 1.54) is 70.6 Å². The predicted octanol–water partition coefficient (Wildman–Crippen LogP) is 11.3. The Balaban J connectivity index is 4.48. The van der Waals surface area contributed by atoms with Gasteiger partial charge in [0.05, 0.1) is 27.7 Å². The van der Waals surface area contributed by atoms with Crippen LogP contribution in [0.15, 0.2) is 48.6 Å². The van der Waals surface area contributed by atoms with E-state index in [2.05, 4.69) is 62.5 Å². The zero-order valence-electron chi connectivity index (χ0n) is 35.2. The molecular weight excluding hydrogens is 701 g/mol. The Morgan fingerprint density at radius 1 is 0.574 bits per heavy atom. The van der Waals surface area contributed by atoms with Crippen molar-refractivity contribution in [3.05, 3.63) is 48.6 Å². The number of quaternary nitrogens is 1. The fourth-order valence-electron chi connectivity index (χ4n) is 5.42. The third kappa shape index (κ3) is 39.7. The molecule has 0 spiro atoms. The fraction of sp³-hybridized carbons (Fsp3) is 0.773. The summed E-state index contributed by atoms with van der Waals surface area (Å²) in [5.41, 5.74) is 0. The van der Waals surface area contributed by atoms with Gasteiger partial charge in [-0.3, -0.25) is 14.2 Å². The molecule has 0 saturated carbocycles. The number of carbonyl (C=O) groups is 2. The van der Waals surface area contributed by atoms with Crippen LogP contribution in [-0.4, -0.2) is 70.0 Å². The Hall–Kier alpha value is -2.03. The van der Waals surface area contributed by atoms with E-state index in [1.54, 1.807) is 0 Å². The number of hydrogen-bond acceptors (Lipinski definition) is 8. The highest BCUT2D eigenvalue weighted by atomic mass is 31.2. The molecule has 0 N–H and O–H groups in total. The molecule has 0 radical (unpaired) electrons. The standard InChI is InChI=1S/C44H80NO8P/c1-6-8-10-12-14-16-18-20-22-24-26-28-30-32-34-36-43(46)50-40-42(41-52-54(48,49)51-39-38-45(3,4)5)53-44(47)37-35-33-31-29-27-25-23-21-19-17-15-13-11-9-7-2/h14,16,20,22,25-28,42H,6-13,15,17-19,21,23-24,29-41H2,1-5H3/b16-14+,22-20+,27-25+,28-26+/t42-/m1/s1. The number of esters is 2. The van der Waals surface area contributed by atoms with Crippen molar-refractivity contribution in [2.24, 2.45) is 0 Å². The Labute approximate surface area is 331 Å². The van der Waals surface area contributed by atoms with Crippen LogP contribution in [0.4, 0.5) is 0 Å². The van der Waals surface area contributed by atoms with E-state index in [1.807, 2.05) is 21.1 Å². The van der Waals surface area contributed by atoms with Crippen LogP contribution in [0, 0.1) is 0 Å². The van der Waals surface area contributed by atoms with Crippen LogP contribution in [0.1, 0.15) is 168 Å². The monoisotopic (exact) mass is 782 g/mol. The van der Waals surface area contributed by atoms with Gasteiger partial charge >= 0.3 is 11.9 Å². The fourth-order valence-corrected chi connectivity index (χ4v) is 6.15. The van der Waals surface area contributed by atoms with Gasteiger partial charge in [-0.05, 0) is 77.0 Å². The molecule has 0 aromatic carbocycles. The topological polar surface area (TPSA) is 111 Å². The van der Waals surface area contributed by atoms with Crippen LogP contribution in [-0.2, 0) is 32.7 Å². The number of phosphoric acid groups is 1. The highest BCUT2D eigenvalue weighted by Crippen LogP contribution is 2.38. The molecule has 0 amide bonds. The first kappa shape index (κ1) is 52.0. The predicted molar refractivity (Wildman–Crippen MR) is 222 cm³/mol. The number of ether oxygens (including phenoxy) is 2. The van der Waals surface area contributed by atoms with Gasteiger partial charge in [0.15, 0.2) is 6.10 Å². The first-order valence-corrected chi connectivity index (χ1v) is 22.8. The Morgan fingerprint density at radius 2 is 1.00 bits per heavy atom. The quantitative estimate of drug-likeness (QED) is 0.0200. The lowest BCUT2D eigenvalue weighted by Gasteiger charge is -2.28. The molecule has 0 saturated heterocycles. The smallest absolute Gasteiger partial charge is 0.306 e. The second-order valence-electron chi connectivity index (χ2n) is 15.3. The van der Waals surface area contributed by atoms with Crippen molar-refractivity contribution in [2.75, 3.05) is 47.5 Å². The van der Waals surface area contributed by atoms with Gasteiger partial charge in [-0.1, -0.05) is 127 Å². The van der Waals surface area contributed by atoms with E-state index in [9.17, 15) is 19.0 Å². The number of hydrogen-bond donors (Lipinski definition) is 0. The molecule has 0 aliphatic heterocycles. The largest absolute Gasteiger partial charge is 0.756 e. The lowest BCUT2D eigenvalue weighted by molar-refractivity contribution is -0.870. The lowest BCUT2D eigenvalue weighted by Crippen LogP contribution is -2.37. The summed E-state index contributed by atoms with van der Waals surface area (Å²) in [6.45, 7) is 4.12. The first-order chi connectivity index (χ1) is 26.0. The van der Waals surface area contributed by atoms with E-state index < -0.39 is 32.5 Å². The van der Waals surface area contributed by atoms with E-state index in [0.29, 0.717) is 23.9 Å². The van der Waals surface area contributed by atoms with Gasteiger partial charge < -0.3 is 27.9 Å². The second kappa shape index (κ2) is 36.6. The van der Waals surface area contributed by atoms with Crippen LogP contribution in [0.25, 0.3) is 0 Å². The van der Waals surface area contributed by atoms with Gasteiger partial charge in [-0.15, -0.1) is 0 Å². The van der Waals surface area contributed by atoms with Crippen molar-refractivity contribution >= 4 is 19.8 Å². The van der Waals surface area contributed by atoms with Crippen molar-refractivity contribution in [3.8, 4) is 0 Å². The van der Waals surface area contributed by atoms with Crippen LogP contribution in [0.5, 0.6) is 0 Å². The van der Waals surface area contributed by atoms with Gasteiger partial charge in [-0.2, -0.15) is 0 Å². The van der Waals surface area contributed by atoms with Crippen molar-refractivity contribution < 1.29 is 42.1 Å². The minimum absolute atomic E-state index is 0.0408. The summed E-state index contributed by atoms with van der Waals surface area (Å²) in [6, 6.07) is 0. The minimum atomic E-state index is -4.63. The molecule has 0 aromatic rings. The molecule has 54 heavy (non-hydrogen) atoms. The zero-order chi connectivity index (χ0) is 40.0. The van der Waals surface area contributed by atoms with Gasteiger partial charge in [0.25, 0.3) is 7.82 Å². The van der Waals surface area contributed by atoms with Crippen LogP contribution in [0.3, 0.4) is 0 Å². The SMILES string of the molecule is CCCCC/C=C/C/C=C/C/C=C/CCCCC(=O)OC[C@H](COP(=O)([O-])OCC[N+](C)(C)C)OC(=O)CCCCC/C=C/CCCCCCCCCC. The Bertz CT molecular complexity index is 1070. The third-order valence-corrected chi connectivity index (χ3v) is 9.79. The number of likely N-dealkylation sites (N-methyl/N-ethyl adjacent to an activating group) is 1. The summed E-state index contributed by atoms with van der Waals surface area (Å²) in [5, 5.41) is 0. The van der Waals surface area contributed by atoms with Crippen LogP contribution in [0.2, 0.25) is 0 Å². The summed E-state index contributed by atoms with van der Waals surface area (Å²) < 4.78 is 33.8. The maximum atomic E-state index is 12.6. The molecule has 1 unspecified atom stereocenters. The summed E-state index contributed by atoms with van der Waals surface area (Å²) in [4.78, 5) is 37.4. The van der Waals surface area contributed by atoms with Crippen molar-refractivity contribution in [1.82, 2.24) is 0 Å². The highest BCUT2D eigenvalue weighted by molar-refractivity contribution is 7.45. The molecular formula is C44H80NO8P. The lowest BCUT2D eigenvalue weighted by atomic mass is 10.1. The summed E-state index contributed by atoms with van der Waals surface area (Å²) in [7, 11) is 1.13. The van der Waals surface area contributed by atoms with E-state index in [0.717, 1.165) is 57.8 Å². The molecule has 314 valence electrons. The average molecular weight is 782 g/mol. The molecule has 2 atom stereocenters.